The molecule has 2 rings (SSSR count). The molecule has 0 fully saturated rings. The lowest BCUT2D eigenvalue weighted by atomic mass is 10.2. The number of hydrogen-bond donors (Lipinski definition) is 1. The van der Waals surface area contributed by atoms with Gasteiger partial charge in [-0.05, 0) is 12.5 Å². The molecule has 0 spiro atoms. The summed E-state index contributed by atoms with van der Waals surface area (Å²) >= 11 is 0. The first-order valence-electron chi connectivity index (χ1n) is 7.92. The Balaban J connectivity index is 2.01. The summed E-state index contributed by atoms with van der Waals surface area (Å²) in [6.45, 7) is 3.67. The van der Waals surface area contributed by atoms with E-state index in [4.69, 9.17) is 4.74 Å². The van der Waals surface area contributed by atoms with E-state index >= 15 is 0 Å². The van der Waals surface area contributed by atoms with E-state index in [1.807, 2.05) is 17.7 Å². The molecule has 0 aromatic carbocycles. The van der Waals surface area contributed by atoms with Gasteiger partial charge in [-0.15, -0.1) is 10.2 Å². The van der Waals surface area contributed by atoms with E-state index in [1.54, 1.807) is 36.3 Å². The number of carbonyl (C=O) groups excluding carboxylic acids is 1. The van der Waals surface area contributed by atoms with Gasteiger partial charge in [0.1, 0.15) is 6.33 Å². The molecule has 1 unspecified atom stereocenters. The van der Waals surface area contributed by atoms with Crippen molar-refractivity contribution in [1.29, 1.82) is 0 Å². The lowest BCUT2D eigenvalue weighted by molar-refractivity contribution is 0.154. The first-order valence-corrected chi connectivity index (χ1v) is 7.92. The van der Waals surface area contributed by atoms with Crippen molar-refractivity contribution in [2.45, 2.75) is 32.5 Å². The van der Waals surface area contributed by atoms with Crippen LogP contribution in [0, 0.1) is 0 Å². The quantitative estimate of drug-likeness (QED) is 0.776. The molecule has 0 aliphatic carbocycles. The van der Waals surface area contributed by atoms with Crippen LogP contribution in [-0.4, -0.2) is 56.2 Å². The molecule has 0 bridgehead atoms. The third kappa shape index (κ3) is 4.31. The second-order valence-electron chi connectivity index (χ2n) is 5.63. The Labute approximate surface area is 141 Å². The summed E-state index contributed by atoms with van der Waals surface area (Å²) in [5.41, 5.74) is 0.882. The highest BCUT2D eigenvalue weighted by Crippen LogP contribution is 2.13. The van der Waals surface area contributed by atoms with Gasteiger partial charge in [-0.2, -0.15) is 5.10 Å². The molecule has 0 radical (unpaired) electrons. The number of urea groups is 1. The Morgan fingerprint density at radius 3 is 2.92 bits per heavy atom. The maximum absolute atomic E-state index is 12.5. The Hall–Kier alpha value is -2.42. The Bertz CT molecular complexity index is 652. The average molecular weight is 335 g/mol. The SMILES string of the molecule is CCCn1cnnc1CN(C)C(=O)NC(COC)c1ccnn1C. The molecule has 132 valence electrons. The number of aryl methyl sites for hydroxylation is 2. The smallest absolute Gasteiger partial charge is 0.318 e. The first-order chi connectivity index (χ1) is 11.6. The zero-order valence-corrected chi connectivity index (χ0v) is 14.6. The van der Waals surface area contributed by atoms with Gasteiger partial charge in [-0.1, -0.05) is 6.92 Å². The Morgan fingerprint density at radius 1 is 1.50 bits per heavy atom. The monoisotopic (exact) mass is 335 g/mol. The number of ether oxygens (including phenoxy) is 1. The molecule has 1 atom stereocenters. The molecule has 0 saturated carbocycles. The minimum absolute atomic E-state index is 0.204. The second-order valence-corrected chi connectivity index (χ2v) is 5.63. The fourth-order valence-electron chi connectivity index (χ4n) is 2.47. The molecule has 2 aromatic heterocycles. The van der Waals surface area contributed by atoms with Crippen molar-refractivity contribution in [3.63, 3.8) is 0 Å². The Morgan fingerprint density at radius 2 is 2.29 bits per heavy atom. The molecule has 2 amide bonds. The van der Waals surface area contributed by atoms with Crippen LogP contribution in [0.4, 0.5) is 4.79 Å². The van der Waals surface area contributed by atoms with Gasteiger partial charge in [-0.3, -0.25) is 4.68 Å². The highest BCUT2D eigenvalue weighted by atomic mass is 16.5. The molecule has 0 aliphatic rings. The normalized spacial score (nSPS) is 12.2. The summed E-state index contributed by atoms with van der Waals surface area (Å²) in [4.78, 5) is 14.1. The predicted molar refractivity (Wildman–Crippen MR) is 88.1 cm³/mol. The summed E-state index contributed by atoms with van der Waals surface area (Å²) in [6.07, 6.45) is 4.37. The third-order valence-corrected chi connectivity index (χ3v) is 3.73. The van der Waals surface area contributed by atoms with Crippen LogP contribution in [0.15, 0.2) is 18.6 Å². The topological polar surface area (TPSA) is 90.1 Å². The molecule has 9 nitrogen and oxygen atoms in total. The van der Waals surface area contributed by atoms with Crippen molar-refractivity contribution < 1.29 is 9.53 Å². The number of carbonyl (C=O) groups is 1. The fraction of sp³-hybridized carbons (Fsp3) is 0.600. The Kier molecular flexibility index (Phi) is 6.30. The number of nitrogens with zero attached hydrogens (tertiary/aromatic N) is 6. The molecule has 0 saturated heterocycles. The van der Waals surface area contributed by atoms with Crippen LogP contribution >= 0.6 is 0 Å². The van der Waals surface area contributed by atoms with Gasteiger partial charge < -0.3 is 19.5 Å². The van der Waals surface area contributed by atoms with Crippen LogP contribution in [-0.2, 0) is 24.9 Å². The van der Waals surface area contributed by atoms with Gasteiger partial charge >= 0.3 is 6.03 Å². The average Bonchev–Trinajstić information content (AvgIpc) is 3.16. The molecular weight excluding hydrogens is 310 g/mol. The summed E-state index contributed by atoms with van der Waals surface area (Å²) in [6, 6.07) is 1.39. The maximum Gasteiger partial charge on any atom is 0.318 e. The van der Waals surface area contributed by atoms with Gasteiger partial charge in [-0.25, -0.2) is 4.79 Å². The van der Waals surface area contributed by atoms with Crippen molar-refractivity contribution in [2.75, 3.05) is 20.8 Å². The molecule has 0 aliphatic heterocycles. The van der Waals surface area contributed by atoms with Crippen molar-refractivity contribution in [3.8, 4) is 0 Å². The number of aromatic nitrogens is 5. The number of methoxy groups -OCH3 is 1. The summed E-state index contributed by atoms with van der Waals surface area (Å²) in [7, 11) is 5.17. The van der Waals surface area contributed by atoms with Crippen molar-refractivity contribution >= 4 is 6.03 Å². The number of nitrogens with one attached hydrogen (secondary N) is 1. The highest BCUT2D eigenvalue weighted by Gasteiger charge is 2.20. The second kappa shape index (κ2) is 8.44. The van der Waals surface area contributed by atoms with Crippen molar-refractivity contribution in [2.24, 2.45) is 7.05 Å². The zero-order valence-electron chi connectivity index (χ0n) is 14.6. The van der Waals surface area contributed by atoms with E-state index in [1.165, 1.54) is 0 Å². The van der Waals surface area contributed by atoms with E-state index in [0.29, 0.717) is 13.2 Å². The highest BCUT2D eigenvalue weighted by molar-refractivity contribution is 5.74. The number of hydrogen-bond acceptors (Lipinski definition) is 5. The van der Waals surface area contributed by atoms with E-state index in [0.717, 1.165) is 24.5 Å². The largest absolute Gasteiger partial charge is 0.382 e. The van der Waals surface area contributed by atoms with Crippen molar-refractivity contribution in [1.82, 2.24) is 34.8 Å². The van der Waals surface area contributed by atoms with Gasteiger partial charge in [0.05, 0.1) is 24.9 Å². The van der Waals surface area contributed by atoms with Crippen LogP contribution in [0.25, 0.3) is 0 Å². The minimum atomic E-state index is -0.272. The third-order valence-electron chi connectivity index (χ3n) is 3.73. The summed E-state index contributed by atoms with van der Waals surface area (Å²) in [5.74, 6) is 0.762. The summed E-state index contributed by atoms with van der Waals surface area (Å²) < 4.78 is 8.90. The van der Waals surface area contributed by atoms with Gasteiger partial charge in [0.2, 0.25) is 0 Å². The van der Waals surface area contributed by atoms with E-state index in [9.17, 15) is 4.79 Å². The van der Waals surface area contributed by atoms with Crippen LogP contribution in [0.5, 0.6) is 0 Å². The van der Waals surface area contributed by atoms with E-state index in [-0.39, 0.29) is 12.1 Å². The number of rotatable bonds is 8. The molecule has 9 heteroatoms. The van der Waals surface area contributed by atoms with E-state index < -0.39 is 0 Å². The lowest BCUT2D eigenvalue weighted by Crippen LogP contribution is -2.41. The fourth-order valence-corrected chi connectivity index (χ4v) is 2.47. The molecule has 2 heterocycles. The van der Waals surface area contributed by atoms with Crippen molar-refractivity contribution in [3.05, 3.63) is 30.1 Å². The lowest BCUT2D eigenvalue weighted by Gasteiger charge is -2.23. The van der Waals surface area contributed by atoms with Gasteiger partial charge in [0, 0.05) is 33.9 Å². The number of amides is 2. The van der Waals surface area contributed by atoms with Gasteiger partial charge in [0.25, 0.3) is 0 Å². The van der Waals surface area contributed by atoms with Crippen LogP contribution in [0.2, 0.25) is 0 Å². The maximum atomic E-state index is 12.5. The van der Waals surface area contributed by atoms with Crippen LogP contribution in [0.3, 0.4) is 0 Å². The van der Waals surface area contributed by atoms with Gasteiger partial charge in [0.15, 0.2) is 5.82 Å². The zero-order chi connectivity index (χ0) is 17.5. The molecule has 2 aromatic rings. The molecule has 1 N–H and O–H groups in total. The van der Waals surface area contributed by atoms with Crippen LogP contribution in [0.1, 0.15) is 30.9 Å². The molecule has 24 heavy (non-hydrogen) atoms. The molecular formula is C15H25N7O2. The minimum Gasteiger partial charge on any atom is -0.382 e. The van der Waals surface area contributed by atoms with E-state index in [2.05, 4.69) is 27.5 Å². The summed E-state index contributed by atoms with van der Waals surface area (Å²) in [5, 5.41) is 15.1. The first kappa shape index (κ1) is 17.9. The predicted octanol–water partition coefficient (Wildman–Crippen LogP) is 0.951. The van der Waals surface area contributed by atoms with Crippen LogP contribution < -0.4 is 5.32 Å². The standard InChI is InChI=1S/C15H25N7O2/c1-5-8-22-11-16-19-14(22)9-20(2)15(23)18-12(10-24-4)13-6-7-17-21(13)3/h6-7,11-12H,5,8-10H2,1-4H3,(H,18,23).